The Hall–Kier alpha value is -1.69. The van der Waals surface area contributed by atoms with Crippen LogP contribution in [-0.2, 0) is 4.74 Å². The molecule has 2 unspecified atom stereocenters. The molecule has 3 rings (SSSR count). The standard InChI is InChI=1S/C12H16N4O2/c1-7-4-10(15-12(13)14-7)11(17)16-5-8-2-3-9(6-16)18-8/h4,8-9H,2-3,5-6H2,1H3,(H2,13,14,15). The minimum atomic E-state index is -0.0765. The maximum atomic E-state index is 12.3. The molecule has 1 aromatic rings. The van der Waals surface area contributed by atoms with E-state index < -0.39 is 0 Å². The van der Waals surface area contributed by atoms with Crippen molar-refractivity contribution in [2.75, 3.05) is 18.8 Å². The second-order valence-electron chi connectivity index (χ2n) is 4.92. The molecule has 2 aliphatic heterocycles. The minimum Gasteiger partial charge on any atom is -0.371 e. The molecule has 1 amide bonds. The molecule has 2 aliphatic rings. The van der Waals surface area contributed by atoms with E-state index in [-0.39, 0.29) is 24.1 Å². The van der Waals surface area contributed by atoms with Gasteiger partial charge in [-0.15, -0.1) is 0 Å². The van der Waals surface area contributed by atoms with E-state index in [1.807, 2.05) is 4.90 Å². The van der Waals surface area contributed by atoms with E-state index in [1.165, 1.54) is 0 Å². The fourth-order valence-electron chi connectivity index (χ4n) is 2.64. The van der Waals surface area contributed by atoms with Gasteiger partial charge < -0.3 is 15.4 Å². The molecule has 6 nitrogen and oxygen atoms in total. The van der Waals surface area contributed by atoms with Crippen molar-refractivity contribution in [2.45, 2.75) is 32.0 Å². The number of amides is 1. The van der Waals surface area contributed by atoms with Crippen molar-refractivity contribution in [1.82, 2.24) is 14.9 Å². The highest BCUT2D eigenvalue weighted by Gasteiger charge is 2.36. The Bertz CT molecular complexity index is 459. The molecular weight excluding hydrogens is 232 g/mol. The number of aryl methyl sites for hydroxylation is 1. The summed E-state index contributed by atoms with van der Waals surface area (Å²) in [6.45, 7) is 3.11. The van der Waals surface area contributed by atoms with E-state index in [2.05, 4.69) is 9.97 Å². The molecule has 0 radical (unpaired) electrons. The first-order valence-electron chi connectivity index (χ1n) is 6.18. The Morgan fingerprint density at radius 3 is 2.67 bits per heavy atom. The van der Waals surface area contributed by atoms with E-state index >= 15 is 0 Å². The first-order chi connectivity index (χ1) is 8.61. The van der Waals surface area contributed by atoms with Crippen LogP contribution in [0.3, 0.4) is 0 Å². The fourth-order valence-corrected chi connectivity index (χ4v) is 2.64. The van der Waals surface area contributed by atoms with Crippen LogP contribution in [-0.4, -0.2) is 46.1 Å². The van der Waals surface area contributed by atoms with Crippen molar-refractivity contribution < 1.29 is 9.53 Å². The lowest BCUT2D eigenvalue weighted by atomic mass is 10.2. The number of aromatic nitrogens is 2. The Morgan fingerprint density at radius 1 is 1.39 bits per heavy atom. The van der Waals surface area contributed by atoms with Crippen LogP contribution < -0.4 is 5.73 Å². The van der Waals surface area contributed by atoms with Crippen molar-refractivity contribution >= 4 is 11.9 Å². The van der Waals surface area contributed by atoms with Gasteiger partial charge in [-0.05, 0) is 25.8 Å². The van der Waals surface area contributed by atoms with Crippen LogP contribution in [0.25, 0.3) is 0 Å². The van der Waals surface area contributed by atoms with Gasteiger partial charge in [0.05, 0.1) is 12.2 Å². The first-order valence-corrected chi connectivity index (χ1v) is 6.18. The number of carbonyl (C=O) groups is 1. The third kappa shape index (κ3) is 2.03. The van der Waals surface area contributed by atoms with Crippen LogP contribution in [0.5, 0.6) is 0 Å². The highest BCUT2D eigenvalue weighted by Crippen LogP contribution is 2.26. The predicted molar refractivity (Wildman–Crippen MR) is 65.0 cm³/mol. The van der Waals surface area contributed by atoms with Crippen LogP contribution in [0.4, 0.5) is 5.95 Å². The number of likely N-dealkylation sites (tertiary alicyclic amines) is 1. The normalized spacial score (nSPS) is 26.4. The van der Waals surface area contributed by atoms with Crippen LogP contribution in [0.2, 0.25) is 0 Å². The van der Waals surface area contributed by atoms with Gasteiger partial charge in [0.1, 0.15) is 5.69 Å². The second-order valence-corrected chi connectivity index (χ2v) is 4.92. The van der Waals surface area contributed by atoms with Crippen molar-refractivity contribution in [3.8, 4) is 0 Å². The van der Waals surface area contributed by atoms with E-state index in [4.69, 9.17) is 10.5 Å². The third-order valence-corrected chi connectivity index (χ3v) is 3.42. The Labute approximate surface area is 105 Å². The summed E-state index contributed by atoms with van der Waals surface area (Å²) in [5.74, 6) is 0.0713. The van der Waals surface area contributed by atoms with Crippen LogP contribution >= 0.6 is 0 Å². The van der Waals surface area contributed by atoms with E-state index in [0.29, 0.717) is 24.5 Å². The molecule has 2 atom stereocenters. The largest absolute Gasteiger partial charge is 0.371 e. The van der Waals surface area contributed by atoms with Crippen molar-refractivity contribution in [3.05, 3.63) is 17.5 Å². The second kappa shape index (κ2) is 4.20. The lowest BCUT2D eigenvalue weighted by molar-refractivity contribution is -0.0305. The average molecular weight is 248 g/mol. The summed E-state index contributed by atoms with van der Waals surface area (Å²) in [5, 5.41) is 0. The lowest BCUT2D eigenvalue weighted by Crippen LogP contribution is -2.46. The zero-order valence-electron chi connectivity index (χ0n) is 10.3. The third-order valence-electron chi connectivity index (χ3n) is 3.42. The molecule has 2 bridgehead atoms. The number of nitrogen functional groups attached to an aromatic ring is 1. The molecule has 18 heavy (non-hydrogen) atoms. The molecule has 2 fully saturated rings. The molecule has 96 valence electrons. The number of anilines is 1. The zero-order valence-corrected chi connectivity index (χ0v) is 10.3. The number of hydrogen-bond donors (Lipinski definition) is 1. The lowest BCUT2D eigenvalue weighted by Gasteiger charge is -2.31. The van der Waals surface area contributed by atoms with Crippen LogP contribution in [0.15, 0.2) is 6.07 Å². The van der Waals surface area contributed by atoms with Crippen LogP contribution in [0.1, 0.15) is 29.0 Å². The minimum absolute atomic E-state index is 0.0765. The molecule has 1 aromatic heterocycles. The van der Waals surface area contributed by atoms with Crippen molar-refractivity contribution in [1.29, 1.82) is 0 Å². The maximum Gasteiger partial charge on any atom is 0.272 e. The smallest absolute Gasteiger partial charge is 0.272 e. The Balaban J connectivity index is 1.81. The number of morpholine rings is 1. The molecule has 6 heteroatoms. The highest BCUT2D eigenvalue weighted by molar-refractivity contribution is 5.92. The van der Waals surface area contributed by atoms with Gasteiger partial charge >= 0.3 is 0 Å². The van der Waals surface area contributed by atoms with Gasteiger partial charge in [0.25, 0.3) is 5.91 Å². The summed E-state index contributed by atoms with van der Waals surface area (Å²) < 4.78 is 5.71. The number of carbonyl (C=O) groups excluding carboxylic acids is 1. The fraction of sp³-hybridized carbons (Fsp3) is 0.583. The molecular formula is C12H16N4O2. The molecule has 0 saturated carbocycles. The number of ether oxygens (including phenoxy) is 1. The van der Waals surface area contributed by atoms with Crippen molar-refractivity contribution in [2.24, 2.45) is 0 Å². The van der Waals surface area contributed by atoms with E-state index in [9.17, 15) is 4.79 Å². The number of nitrogens with two attached hydrogens (primary N) is 1. The highest BCUT2D eigenvalue weighted by atomic mass is 16.5. The van der Waals surface area contributed by atoms with Gasteiger partial charge in [-0.3, -0.25) is 4.79 Å². The van der Waals surface area contributed by atoms with Gasteiger partial charge in [0.15, 0.2) is 0 Å². The quantitative estimate of drug-likeness (QED) is 0.776. The summed E-state index contributed by atoms with van der Waals surface area (Å²) in [6.07, 6.45) is 2.46. The topological polar surface area (TPSA) is 81.3 Å². The van der Waals surface area contributed by atoms with E-state index in [1.54, 1.807) is 13.0 Å². The van der Waals surface area contributed by atoms with Gasteiger partial charge in [-0.25, -0.2) is 9.97 Å². The monoisotopic (exact) mass is 248 g/mol. The summed E-state index contributed by atoms with van der Waals surface area (Å²) in [4.78, 5) is 22.1. The number of fused-ring (bicyclic) bond motifs is 2. The molecule has 2 N–H and O–H groups in total. The van der Waals surface area contributed by atoms with Crippen LogP contribution in [0, 0.1) is 6.92 Å². The van der Waals surface area contributed by atoms with Gasteiger partial charge in [-0.2, -0.15) is 0 Å². The number of hydrogen-bond acceptors (Lipinski definition) is 5. The zero-order chi connectivity index (χ0) is 12.7. The summed E-state index contributed by atoms with van der Waals surface area (Å²) in [6, 6.07) is 1.68. The van der Waals surface area contributed by atoms with Gasteiger partial charge in [-0.1, -0.05) is 0 Å². The average Bonchev–Trinajstić information content (AvgIpc) is 2.66. The summed E-state index contributed by atoms with van der Waals surface area (Å²) >= 11 is 0. The Kier molecular flexibility index (Phi) is 2.66. The molecule has 0 aromatic carbocycles. The number of nitrogens with zero attached hydrogens (tertiary/aromatic N) is 3. The predicted octanol–water partition coefficient (Wildman–Crippen LogP) is 0.371. The number of rotatable bonds is 1. The van der Waals surface area contributed by atoms with Crippen molar-refractivity contribution in [3.63, 3.8) is 0 Å². The van der Waals surface area contributed by atoms with Gasteiger partial charge in [0.2, 0.25) is 5.95 Å². The van der Waals surface area contributed by atoms with E-state index in [0.717, 1.165) is 12.8 Å². The van der Waals surface area contributed by atoms with Gasteiger partial charge in [0, 0.05) is 18.8 Å². The Morgan fingerprint density at radius 2 is 2.06 bits per heavy atom. The molecule has 3 heterocycles. The molecule has 0 spiro atoms. The maximum absolute atomic E-state index is 12.3. The first kappa shape index (κ1) is 11.4. The molecule has 2 saturated heterocycles. The SMILES string of the molecule is Cc1cc(C(=O)N2CC3CCC(C2)O3)nc(N)n1. The summed E-state index contributed by atoms with van der Waals surface area (Å²) in [7, 11) is 0. The molecule has 0 aliphatic carbocycles. The summed E-state index contributed by atoms with van der Waals surface area (Å²) in [5.41, 5.74) is 6.66.